The molecular weight excluding hydrogens is 268 g/mol. The van der Waals surface area contributed by atoms with Gasteiger partial charge in [0.15, 0.2) is 0 Å². The van der Waals surface area contributed by atoms with E-state index in [4.69, 9.17) is 10.2 Å². The number of carboxylic acids is 1. The van der Waals surface area contributed by atoms with Crippen molar-refractivity contribution in [2.45, 2.75) is 13.0 Å². The Labute approximate surface area is 116 Å². The van der Waals surface area contributed by atoms with Gasteiger partial charge in [0.1, 0.15) is 0 Å². The van der Waals surface area contributed by atoms with Crippen LogP contribution in [0.4, 0.5) is 8.78 Å². The largest absolute Gasteiger partial charge is 0.478 e. The fourth-order valence-corrected chi connectivity index (χ4v) is 1.81. The van der Waals surface area contributed by atoms with Crippen molar-refractivity contribution in [1.82, 2.24) is 4.90 Å². The Morgan fingerprint density at radius 2 is 2.05 bits per heavy atom. The summed E-state index contributed by atoms with van der Waals surface area (Å²) < 4.78 is 24.9. The van der Waals surface area contributed by atoms with Crippen molar-refractivity contribution in [3.05, 3.63) is 41.5 Å². The van der Waals surface area contributed by atoms with Crippen LogP contribution < -0.4 is 0 Å². The minimum atomic E-state index is -2.48. The summed E-state index contributed by atoms with van der Waals surface area (Å²) in [4.78, 5) is 12.0. The van der Waals surface area contributed by atoms with Crippen molar-refractivity contribution in [1.29, 1.82) is 0 Å². The number of hydrogen-bond donors (Lipinski definition) is 2. The maximum Gasteiger partial charge on any atom is 0.328 e. The monoisotopic (exact) mass is 285 g/mol. The third-order valence-electron chi connectivity index (χ3n) is 2.67. The van der Waals surface area contributed by atoms with Crippen LogP contribution in [0.3, 0.4) is 0 Å². The Morgan fingerprint density at radius 1 is 1.35 bits per heavy atom. The first kappa shape index (κ1) is 16.3. The molecule has 0 amide bonds. The molecule has 2 N–H and O–H groups in total. The van der Waals surface area contributed by atoms with Crippen LogP contribution in [0.1, 0.15) is 11.1 Å². The molecule has 6 heteroatoms. The molecule has 110 valence electrons. The van der Waals surface area contributed by atoms with Gasteiger partial charge in [-0.3, -0.25) is 4.90 Å². The molecule has 0 unspecified atom stereocenters. The summed E-state index contributed by atoms with van der Waals surface area (Å²) in [6.07, 6.45) is -0.0530. The van der Waals surface area contributed by atoms with E-state index in [1.807, 2.05) is 0 Å². The van der Waals surface area contributed by atoms with Crippen molar-refractivity contribution in [3.8, 4) is 0 Å². The van der Waals surface area contributed by atoms with Crippen LogP contribution in [0.2, 0.25) is 0 Å². The fourth-order valence-electron chi connectivity index (χ4n) is 1.81. The lowest BCUT2D eigenvalue weighted by atomic mass is 10.1. The maximum absolute atomic E-state index is 12.5. The average molecular weight is 285 g/mol. The number of hydrogen-bond acceptors (Lipinski definition) is 3. The number of nitrogens with zero attached hydrogens (tertiary/aromatic N) is 1. The molecule has 0 bridgehead atoms. The van der Waals surface area contributed by atoms with E-state index in [0.717, 1.165) is 11.6 Å². The molecule has 0 aromatic heterocycles. The zero-order valence-electron chi connectivity index (χ0n) is 10.9. The van der Waals surface area contributed by atoms with Gasteiger partial charge < -0.3 is 10.2 Å². The van der Waals surface area contributed by atoms with Gasteiger partial charge in [0.2, 0.25) is 0 Å². The predicted molar refractivity (Wildman–Crippen MR) is 71.5 cm³/mol. The van der Waals surface area contributed by atoms with Gasteiger partial charge in [0.05, 0.1) is 13.2 Å². The van der Waals surface area contributed by atoms with Crippen molar-refractivity contribution in [2.24, 2.45) is 0 Å². The first-order valence-electron chi connectivity index (χ1n) is 6.13. The third kappa shape index (κ3) is 5.90. The first-order valence-corrected chi connectivity index (χ1v) is 6.13. The van der Waals surface area contributed by atoms with Gasteiger partial charge in [0, 0.05) is 19.2 Å². The number of halogens is 2. The molecule has 0 aliphatic rings. The summed E-state index contributed by atoms with van der Waals surface area (Å²) in [7, 11) is 0. The van der Waals surface area contributed by atoms with Gasteiger partial charge in [-0.15, -0.1) is 0 Å². The molecule has 0 aliphatic heterocycles. The molecule has 1 aromatic carbocycles. The van der Waals surface area contributed by atoms with E-state index in [1.165, 1.54) is 11.0 Å². The van der Waals surface area contributed by atoms with E-state index in [1.54, 1.807) is 24.3 Å². The van der Waals surface area contributed by atoms with Crippen LogP contribution in [0.5, 0.6) is 0 Å². The van der Waals surface area contributed by atoms with E-state index in [-0.39, 0.29) is 19.7 Å². The highest BCUT2D eigenvalue weighted by Crippen LogP contribution is 2.14. The lowest BCUT2D eigenvalue weighted by Crippen LogP contribution is -2.31. The minimum absolute atomic E-state index is 0.140. The summed E-state index contributed by atoms with van der Waals surface area (Å²) in [5.41, 5.74) is 1.39. The Morgan fingerprint density at radius 3 is 2.65 bits per heavy atom. The zero-order chi connectivity index (χ0) is 15.0. The van der Waals surface area contributed by atoms with Gasteiger partial charge in [-0.25, -0.2) is 13.6 Å². The van der Waals surface area contributed by atoms with Crippen LogP contribution in [-0.4, -0.2) is 47.2 Å². The fraction of sp³-hybridized carbons (Fsp3) is 0.357. The van der Waals surface area contributed by atoms with Crippen LogP contribution in [-0.2, 0) is 11.3 Å². The van der Waals surface area contributed by atoms with Crippen LogP contribution >= 0.6 is 0 Å². The van der Waals surface area contributed by atoms with Gasteiger partial charge in [-0.1, -0.05) is 24.3 Å². The van der Waals surface area contributed by atoms with Gasteiger partial charge in [-0.2, -0.15) is 0 Å². The van der Waals surface area contributed by atoms with Crippen molar-refractivity contribution >= 4 is 12.0 Å². The Bertz CT molecular complexity index is 463. The normalized spacial score (nSPS) is 11.7. The molecule has 0 saturated carbocycles. The number of aliphatic hydroxyl groups is 1. The summed E-state index contributed by atoms with van der Waals surface area (Å²) in [5, 5.41) is 17.5. The SMILES string of the molecule is O=C(O)/C=C/c1ccccc1CN(CCO)CC(F)F. The smallest absolute Gasteiger partial charge is 0.328 e. The number of aliphatic carboxylic acids is 1. The summed E-state index contributed by atoms with van der Waals surface area (Å²) in [6, 6.07) is 6.97. The van der Waals surface area contributed by atoms with E-state index in [2.05, 4.69) is 0 Å². The molecule has 0 spiro atoms. The molecule has 4 nitrogen and oxygen atoms in total. The number of aliphatic hydroxyl groups excluding tert-OH is 1. The third-order valence-corrected chi connectivity index (χ3v) is 2.67. The maximum atomic E-state index is 12.5. The predicted octanol–water partition coefficient (Wildman–Crippen LogP) is 1.84. The second kappa shape index (κ2) is 8.39. The second-order valence-electron chi connectivity index (χ2n) is 4.22. The number of benzene rings is 1. The topological polar surface area (TPSA) is 60.8 Å². The summed E-state index contributed by atoms with van der Waals surface area (Å²) >= 11 is 0. The lowest BCUT2D eigenvalue weighted by molar-refractivity contribution is -0.131. The van der Waals surface area contributed by atoms with Crippen molar-refractivity contribution in [2.75, 3.05) is 19.7 Å². The number of alkyl halides is 2. The van der Waals surface area contributed by atoms with Crippen LogP contribution in [0.25, 0.3) is 6.08 Å². The Balaban J connectivity index is 2.85. The van der Waals surface area contributed by atoms with Crippen molar-refractivity contribution < 1.29 is 23.8 Å². The summed E-state index contributed by atoms with van der Waals surface area (Å²) in [5.74, 6) is -1.07. The Kier molecular flexibility index (Phi) is 6.83. The number of carboxylic acid groups (broad SMARTS) is 1. The van der Waals surface area contributed by atoms with E-state index in [9.17, 15) is 13.6 Å². The standard InChI is InChI=1S/C14H17F2NO3/c15-13(16)10-17(7-8-18)9-12-4-2-1-3-11(12)5-6-14(19)20/h1-6,13,18H,7-10H2,(H,19,20)/b6-5+. The Hall–Kier alpha value is -1.79. The van der Waals surface area contributed by atoms with Crippen LogP contribution in [0.15, 0.2) is 30.3 Å². The van der Waals surface area contributed by atoms with Gasteiger partial charge in [0.25, 0.3) is 6.43 Å². The molecule has 0 aliphatic carbocycles. The molecule has 0 radical (unpaired) electrons. The lowest BCUT2D eigenvalue weighted by Gasteiger charge is -2.21. The van der Waals surface area contributed by atoms with Gasteiger partial charge >= 0.3 is 5.97 Å². The number of rotatable bonds is 8. The highest BCUT2D eigenvalue weighted by atomic mass is 19.3. The molecule has 0 atom stereocenters. The van der Waals surface area contributed by atoms with E-state index >= 15 is 0 Å². The van der Waals surface area contributed by atoms with Gasteiger partial charge in [-0.05, 0) is 17.2 Å². The molecule has 0 saturated heterocycles. The molecule has 20 heavy (non-hydrogen) atoms. The molecule has 1 aromatic rings. The van der Waals surface area contributed by atoms with E-state index < -0.39 is 18.9 Å². The zero-order valence-corrected chi connectivity index (χ0v) is 10.9. The highest BCUT2D eigenvalue weighted by Gasteiger charge is 2.13. The van der Waals surface area contributed by atoms with Crippen LogP contribution in [0, 0.1) is 0 Å². The number of carbonyl (C=O) groups is 1. The first-order chi connectivity index (χ1) is 9.52. The van der Waals surface area contributed by atoms with Crippen molar-refractivity contribution in [3.63, 3.8) is 0 Å². The average Bonchev–Trinajstić information content (AvgIpc) is 2.37. The molecule has 1 rings (SSSR count). The summed E-state index contributed by atoms with van der Waals surface area (Å²) in [6.45, 7) is -0.274. The second-order valence-corrected chi connectivity index (χ2v) is 4.22. The quantitative estimate of drug-likeness (QED) is 0.716. The highest BCUT2D eigenvalue weighted by molar-refractivity contribution is 5.85. The molecule has 0 fully saturated rings. The minimum Gasteiger partial charge on any atom is -0.478 e. The van der Waals surface area contributed by atoms with E-state index in [0.29, 0.717) is 5.56 Å². The molecular formula is C14H17F2NO3. The molecule has 0 heterocycles.